The van der Waals surface area contributed by atoms with Crippen LogP contribution in [0.3, 0.4) is 0 Å². The number of rotatable bonds is 11. The highest BCUT2D eigenvalue weighted by molar-refractivity contribution is 7.89. The maximum absolute atomic E-state index is 13.7. The van der Waals surface area contributed by atoms with Crippen molar-refractivity contribution in [3.63, 3.8) is 0 Å². The lowest BCUT2D eigenvalue weighted by atomic mass is 9.98. The topological polar surface area (TPSA) is 131 Å². The van der Waals surface area contributed by atoms with Crippen molar-refractivity contribution in [3.8, 4) is 5.75 Å². The van der Waals surface area contributed by atoms with E-state index in [0.717, 1.165) is 45.3 Å². The second-order valence-corrected chi connectivity index (χ2v) is 12.8. The molecule has 2 amide bonds. The minimum absolute atomic E-state index is 0.0106. The summed E-state index contributed by atoms with van der Waals surface area (Å²) in [5.41, 5.74) is 8.52. The van der Waals surface area contributed by atoms with Gasteiger partial charge in [-0.15, -0.1) is 13.2 Å². The number of primary amides is 1. The molecule has 3 aromatic carbocycles. The number of sulfonamides is 1. The Morgan fingerprint density at radius 1 is 1.00 bits per heavy atom. The van der Waals surface area contributed by atoms with Crippen LogP contribution in [0, 0.1) is 0 Å². The molecule has 4 rings (SSSR count). The van der Waals surface area contributed by atoms with Gasteiger partial charge in [-0.25, -0.2) is 8.42 Å². The number of nitrogens with zero attached hydrogens (tertiary/aromatic N) is 1. The average molecular weight is 633 g/mol. The number of piperidine rings is 1. The van der Waals surface area contributed by atoms with E-state index in [1.165, 1.54) is 0 Å². The van der Waals surface area contributed by atoms with Gasteiger partial charge >= 0.3 is 6.36 Å². The lowest BCUT2D eigenvalue weighted by Gasteiger charge is -2.38. The van der Waals surface area contributed by atoms with Crippen LogP contribution in [0.25, 0.3) is 0 Å². The van der Waals surface area contributed by atoms with Crippen molar-refractivity contribution in [1.82, 2.24) is 14.9 Å². The maximum Gasteiger partial charge on any atom is 0.573 e. The number of nitrogens with two attached hydrogens (primary N) is 1. The smallest absolute Gasteiger partial charge is 0.406 e. The molecule has 1 aliphatic rings. The van der Waals surface area contributed by atoms with Crippen LogP contribution in [-0.2, 0) is 27.9 Å². The zero-order valence-electron chi connectivity index (χ0n) is 24.3. The fourth-order valence-electron chi connectivity index (χ4n) is 5.03. The molecular weight excluding hydrogens is 597 g/mol. The van der Waals surface area contributed by atoms with Gasteiger partial charge < -0.3 is 21.1 Å². The molecule has 0 bridgehead atoms. The number of ether oxygens (including phenoxy) is 1. The highest BCUT2D eigenvalue weighted by atomic mass is 32.2. The van der Waals surface area contributed by atoms with Crippen molar-refractivity contribution in [1.29, 1.82) is 0 Å². The van der Waals surface area contributed by atoms with Gasteiger partial charge in [0.2, 0.25) is 21.8 Å². The minimum Gasteiger partial charge on any atom is -0.406 e. The molecule has 44 heavy (non-hydrogen) atoms. The van der Waals surface area contributed by atoms with Crippen LogP contribution in [0.5, 0.6) is 5.75 Å². The molecule has 0 radical (unpaired) electrons. The summed E-state index contributed by atoms with van der Waals surface area (Å²) < 4.78 is 70.1. The Balaban J connectivity index is 1.52. The highest BCUT2D eigenvalue weighted by Crippen LogP contribution is 2.29. The molecule has 4 N–H and O–H groups in total. The summed E-state index contributed by atoms with van der Waals surface area (Å²) in [6.07, 6.45) is -4.42. The minimum atomic E-state index is -4.92. The molecule has 1 heterocycles. The Bertz CT molecular complexity index is 1560. The number of hydrogen-bond donors (Lipinski definition) is 3. The van der Waals surface area contributed by atoms with Crippen LogP contribution in [0.4, 0.5) is 13.2 Å². The predicted octanol–water partition coefficient (Wildman–Crippen LogP) is 4.44. The first kappa shape index (κ1) is 33.0. The third-order valence-corrected chi connectivity index (χ3v) is 9.36. The predicted molar refractivity (Wildman–Crippen MR) is 158 cm³/mol. The Morgan fingerprint density at radius 3 is 2.30 bits per heavy atom. The van der Waals surface area contributed by atoms with Gasteiger partial charge in [-0.05, 0) is 71.8 Å². The average Bonchev–Trinajstić information content (AvgIpc) is 2.98. The number of carbonyl (C=O) groups excluding carboxylic acids is 2. The molecule has 0 unspecified atom stereocenters. The number of benzene rings is 3. The summed E-state index contributed by atoms with van der Waals surface area (Å²) in [7, 11) is -4.26. The van der Waals surface area contributed by atoms with Crippen molar-refractivity contribution in [2.45, 2.75) is 69.0 Å². The van der Waals surface area contributed by atoms with Gasteiger partial charge in [-0.2, -0.15) is 4.31 Å². The summed E-state index contributed by atoms with van der Waals surface area (Å²) in [4.78, 5) is 24.8. The first-order chi connectivity index (χ1) is 20.7. The standard InChI is InChI=1S/C31H35F3N4O5S/c1-20(2)23-8-6-21(7-9-23)18-37-30(40)28-17-25(36-19-22-4-3-5-24(16-22)29(35)39)14-15-38(28)44(41,42)27-12-10-26(11-13-27)43-31(32,33)34/h3-13,16,20,25,28,36H,14-15,17-19H2,1-2H3,(H2,35,39)(H,37,40)/t25-,28-/m1/s1. The third kappa shape index (κ3) is 8.58. The van der Waals surface area contributed by atoms with E-state index in [4.69, 9.17) is 5.73 Å². The van der Waals surface area contributed by atoms with Crippen molar-refractivity contribution < 1.29 is 35.9 Å². The molecule has 0 aliphatic carbocycles. The van der Waals surface area contributed by atoms with E-state index in [-0.39, 0.29) is 30.4 Å². The summed E-state index contributed by atoms with van der Waals surface area (Å²) in [6.45, 7) is 4.68. The number of carbonyl (C=O) groups is 2. The Labute approximate surface area is 254 Å². The Hall–Kier alpha value is -3.94. The van der Waals surface area contributed by atoms with Crippen LogP contribution in [0.1, 0.15) is 59.7 Å². The van der Waals surface area contributed by atoms with E-state index in [2.05, 4.69) is 29.2 Å². The zero-order valence-corrected chi connectivity index (χ0v) is 25.1. The second kappa shape index (κ2) is 13.8. The Morgan fingerprint density at radius 2 is 1.68 bits per heavy atom. The molecule has 0 aromatic heterocycles. The van der Waals surface area contributed by atoms with E-state index in [1.807, 2.05) is 30.3 Å². The molecule has 1 fully saturated rings. The SMILES string of the molecule is CC(C)c1ccc(CNC(=O)[C@H]2C[C@H](NCc3cccc(C(N)=O)c3)CCN2S(=O)(=O)c2ccc(OC(F)(F)F)cc2)cc1. The zero-order chi connectivity index (χ0) is 32.1. The molecule has 236 valence electrons. The number of hydrogen-bond acceptors (Lipinski definition) is 6. The molecule has 1 saturated heterocycles. The van der Waals surface area contributed by atoms with Crippen molar-refractivity contribution in [2.24, 2.45) is 5.73 Å². The highest BCUT2D eigenvalue weighted by Gasteiger charge is 2.41. The normalized spacial score (nSPS) is 17.8. The van der Waals surface area contributed by atoms with Crippen molar-refractivity contribution in [2.75, 3.05) is 6.54 Å². The molecule has 13 heteroatoms. The van der Waals surface area contributed by atoms with Gasteiger partial charge in [-0.3, -0.25) is 9.59 Å². The van der Waals surface area contributed by atoms with E-state index in [1.54, 1.807) is 18.2 Å². The lowest BCUT2D eigenvalue weighted by molar-refractivity contribution is -0.274. The van der Waals surface area contributed by atoms with Crippen LogP contribution in [0.15, 0.2) is 77.7 Å². The van der Waals surface area contributed by atoms with Crippen molar-refractivity contribution in [3.05, 3.63) is 95.1 Å². The number of nitrogens with one attached hydrogen (secondary N) is 2. The van der Waals surface area contributed by atoms with E-state index in [9.17, 15) is 31.2 Å². The van der Waals surface area contributed by atoms with E-state index in [0.29, 0.717) is 24.4 Å². The summed E-state index contributed by atoms with van der Waals surface area (Å²) in [5, 5.41) is 6.19. The quantitative estimate of drug-likeness (QED) is 0.287. The number of amides is 2. The summed E-state index contributed by atoms with van der Waals surface area (Å²) >= 11 is 0. The second-order valence-electron chi connectivity index (χ2n) is 10.9. The van der Waals surface area contributed by atoms with Crippen LogP contribution in [-0.4, -0.2) is 49.5 Å². The van der Waals surface area contributed by atoms with Gasteiger partial charge in [0.05, 0.1) is 4.90 Å². The maximum atomic E-state index is 13.7. The molecule has 0 spiro atoms. The monoisotopic (exact) mass is 632 g/mol. The first-order valence-corrected chi connectivity index (χ1v) is 15.5. The summed E-state index contributed by atoms with van der Waals surface area (Å²) in [6, 6.07) is 17.1. The lowest BCUT2D eigenvalue weighted by Crippen LogP contribution is -2.56. The fourth-order valence-corrected chi connectivity index (χ4v) is 6.64. The van der Waals surface area contributed by atoms with Gasteiger partial charge in [0.15, 0.2) is 0 Å². The van der Waals surface area contributed by atoms with Gasteiger partial charge in [0.25, 0.3) is 0 Å². The van der Waals surface area contributed by atoms with Gasteiger partial charge in [0.1, 0.15) is 11.8 Å². The third-order valence-electron chi connectivity index (χ3n) is 7.44. The fraction of sp³-hybridized carbons (Fsp3) is 0.355. The molecule has 1 aliphatic heterocycles. The molecule has 0 saturated carbocycles. The van der Waals surface area contributed by atoms with Gasteiger partial charge in [0, 0.05) is 31.2 Å². The van der Waals surface area contributed by atoms with Crippen LogP contribution in [0.2, 0.25) is 0 Å². The molecule has 3 aromatic rings. The van der Waals surface area contributed by atoms with Crippen LogP contribution >= 0.6 is 0 Å². The first-order valence-electron chi connectivity index (χ1n) is 14.1. The largest absolute Gasteiger partial charge is 0.573 e. The molecular formula is C31H35F3N4O5S. The van der Waals surface area contributed by atoms with Crippen molar-refractivity contribution >= 4 is 21.8 Å². The molecule has 9 nitrogen and oxygen atoms in total. The van der Waals surface area contributed by atoms with E-state index < -0.39 is 40.0 Å². The number of alkyl halides is 3. The summed E-state index contributed by atoms with van der Waals surface area (Å²) in [5.74, 6) is -1.27. The molecule has 2 atom stereocenters. The van der Waals surface area contributed by atoms with E-state index >= 15 is 0 Å². The number of halogens is 3. The van der Waals surface area contributed by atoms with Crippen LogP contribution < -0.4 is 21.1 Å². The Kier molecular flexibility index (Phi) is 10.3. The van der Waals surface area contributed by atoms with Gasteiger partial charge in [-0.1, -0.05) is 50.2 Å².